The zero-order chi connectivity index (χ0) is 14.0. The van der Waals surface area contributed by atoms with E-state index >= 15 is 0 Å². The third-order valence-corrected chi connectivity index (χ3v) is 3.06. The number of benzene rings is 1. The molecule has 0 aliphatic rings. The molecule has 0 saturated heterocycles. The van der Waals surface area contributed by atoms with E-state index in [-0.39, 0.29) is 5.69 Å². The normalized spacial score (nSPS) is 10.3. The molecule has 0 spiro atoms. The number of nitrogens with zero attached hydrogens (tertiary/aromatic N) is 3. The standard InChI is InChI=1S/C12H11BrN4O2/c1-7-11(17(18)19)10(16-12(14-2)15-7)8-4-3-5-9(13)6-8/h3-6H,1-2H3,(H,14,15,16). The third-order valence-electron chi connectivity index (χ3n) is 2.56. The molecule has 0 fully saturated rings. The maximum Gasteiger partial charge on any atom is 0.316 e. The van der Waals surface area contributed by atoms with Crippen LogP contribution in [0.3, 0.4) is 0 Å². The Morgan fingerprint density at radius 2 is 2.11 bits per heavy atom. The summed E-state index contributed by atoms with van der Waals surface area (Å²) in [7, 11) is 1.67. The Balaban J connectivity index is 2.72. The van der Waals surface area contributed by atoms with Crippen molar-refractivity contribution in [3.63, 3.8) is 0 Å². The number of hydrogen-bond acceptors (Lipinski definition) is 5. The van der Waals surface area contributed by atoms with Crippen LogP contribution >= 0.6 is 15.9 Å². The van der Waals surface area contributed by atoms with Crippen molar-refractivity contribution in [2.24, 2.45) is 0 Å². The van der Waals surface area contributed by atoms with Crippen molar-refractivity contribution in [3.8, 4) is 11.3 Å². The number of halogens is 1. The van der Waals surface area contributed by atoms with Crippen LogP contribution in [-0.2, 0) is 0 Å². The molecule has 6 nitrogen and oxygen atoms in total. The highest BCUT2D eigenvalue weighted by Gasteiger charge is 2.23. The molecule has 0 amide bonds. The summed E-state index contributed by atoms with van der Waals surface area (Å²) in [5, 5.41) is 14.0. The van der Waals surface area contributed by atoms with Crippen LogP contribution in [0.1, 0.15) is 5.69 Å². The van der Waals surface area contributed by atoms with Gasteiger partial charge < -0.3 is 5.32 Å². The SMILES string of the molecule is CNc1nc(C)c([N+](=O)[O-])c(-c2cccc(Br)c2)n1. The van der Waals surface area contributed by atoms with E-state index in [0.29, 0.717) is 22.9 Å². The summed E-state index contributed by atoms with van der Waals surface area (Å²) in [5.74, 6) is 0.359. The molecule has 1 aromatic heterocycles. The van der Waals surface area contributed by atoms with E-state index in [4.69, 9.17) is 0 Å². The molecule has 0 bridgehead atoms. The maximum absolute atomic E-state index is 11.2. The lowest BCUT2D eigenvalue weighted by atomic mass is 10.1. The van der Waals surface area contributed by atoms with E-state index in [2.05, 4.69) is 31.2 Å². The molecule has 0 aliphatic heterocycles. The highest BCUT2D eigenvalue weighted by atomic mass is 79.9. The Morgan fingerprint density at radius 3 is 2.68 bits per heavy atom. The van der Waals surface area contributed by atoms with Gasteiger partial charge in [0.1, 0.15) is 5.69 Å². The Labute approximate surface area is 118 Å². The Morgan fingerprint density at radius 1 is 1.37 bits per heavy atom. The highest BCUT2D eigenvalue weighted by molar-refractivity contribution is 9.10. The highest BCUT2D eigenvalue weighted by Crippen LogP contribution is 2.32. The molecule has 1 heterocycles. The van der Waals surface area contributed by atoms with Gasteiger partial charge in [-0.25, -0.2) is 9.97 Å². The summed E-state index contributed by atoms with van der Waals surface area (Å²) < 4.78 is 0.835. The monoisotopic (exact) mass is 322 g/mol. The molecule has 1 aromatic carbocycles. The van der Waals surface area contributed by atoms with E-state index in [0.717, 1.165) is 4.47 Å². The van der Waals surface area contributed by atoms with Crippen LogP contribution in [0.2, 0.25) is 0 Å². The molecule has 1 N–H and O–H groups in total. The number of nitrogens with one attached hydrogen (secondary N) is 1. The molecule has 0 saturated carbocycles. The zero-order valence-corrected chi connectivity index (χ0v) is 11.9. The fourth-order valence-corrected chi connectivity index (χ4v) is 2.13. The Hall–Kier alpha value is -2.02. The summed E-state index contributed by atoms with van der Waals surface area (Å²) in [6.07, 6.45) is 0. The molecule has 0 radical (unpaired) electrons. The van der Waals surface area contributed by atoms with Gasteiger partial charge in [-0.1, -0.05) is 28.1 Å². The van der Waals surface area contributed by atoms with Crippen molar-refractivity contribution in [1.82, 2.24) is 9.97 Å². The number of rotatable bonds is 3. The van der Waals surface area contributed by atoms with E-state index < -0.39 is 4.92 Å². The van der Waals surface area contributed by atoms with Crippen molar-refractivity contribution >= 4 is 27.6 Å². The van der Waals surface area contributed by atoms with Crippen LogP contribution in [-0.4, -0.2) is 21.9 Å². The van der Waals surface area contributed by atoms with Gasteiger partial charge >= 0.3 is 5.69 Å². The predicted molar refractivity (Wildman–Crippen MR) is 76.1 cm³/mol. The number of aromatic nitrogens is 2. The van der Waals surface area contributed by atoms with Crippen molar-refractivity contribution in [3.05, 3.63) is 44.5 Å². The van der Waals surface area contributed by atoms with Gasteiger partial charge in [0.05, 0.1) is 4.92 Å². The molecular weight excluding hydrogens is 312 g/mol. The summed E-state index contributed by atoms with van der Waals surface area (Å²) >= 11 is 3.35. The summed E-state index contributed by atoms with van der Waals surface area (Å²) in [5.41, 5.74) is 1.24. The number of hydrogen-bond donors (Lipinski definition) is 1. The second kappa shape index (κ2) is 5.31. The average Bonchev–Trinajstić information content (AvgIpc) is 2.37. The van der Waals surface area contributed by atoms with Crippen LogP contribution < -0.4 is 5.32 Å². The van der Waals surface area contributed by atoms with Crippen LogP contribution in [0, 0.1) is 17.0 Å². The third kappa shape index (κ3) is 2.70. The van der Waals surface area contributed by atoms with Gasteiger partial charge in [0.2, 0.25) is 5.95 Å². The van der Waals surface area contributed by atoms with Gasteiger partial charge in [0.25, 0.3) is 0 Å². The minimum atomic E-state index is -0.453. The average molecular weight is 323 g/mol. The van der Waals surface area contributed by atoms with Crippen molar-refractivity contribution < 1.29 is 4.92 Å². The lowest BCUT2D eigenvalue weighted by molar-refractivity contribution is -0.385. The molecule has 2 aromatic rings. The second-order valence-electron chi connectivity index (χ2n) is 3.85. The van der Waals surface area contributed by atoms with E-state index in [1.807, 2.05) is 6.07 Å². The van der Waals surface area contributed by atoms with E-state index in [1.165, 1.54) is 0 Å². The van der Waals surface area contributed by atoms with Crippen LogP contribution in [0.25, 0.3) is 11.3 Å². The molecule has 0 aliphatic carbocycles. The van der Waals surface area contributed by atoms with Gasteiger partial charge in [-0.3, -0.25) is 10.1 Å². The minimum absolute atomic E-state index is 0.0721. The van der Waals surface area contributed by atoms with Gasteiger partial charge in [0.15, 0.2) is 5.69 Å². The minimum Gasteiger partial charge on any atom is -0.357 e. The van der Waals surface area contributed by atoms with Crippen molar-refractivity contribution in [2.45, 2.75) is 6.92 Å². The van der Waals surface area contributed by atoms with Crippen LogP contribution in [0.15, 0.2) is 28.7 Å². The Bertz CT molecular complexity index is 646. The van der Waals surface area contributed by atoms with Gasteiger partial charge in [-0.2, -0.15) is 0 Å². The van der Waals surface area contributed by atoms with E-state index in [1.54, 1.807) is 32.2 Å². The first-order valence-electron chi connectivity index (χ1n) is 5.49. The smallest absolute Gasteiger partial charge is 0.316 e. The lowest BCUT2D eigenvalue weighted by Crippen LogP contribution is -2.05. The number of aryl methyl sites for hydroxylation is 1. The quantitative estimate of drug-likeness (QED) is 0.693. The molecule has 0 atom stereocenters. The molecule has 19 heavy (non-hydrogen) atoms. The van der Waals surface area contributed by atoms with Crippen molar-refractivity contribution in [2.75, 3.05) is 12.4 Å². The largest absolute Gasteiger partial charge is 0.357 e. The summed E-state index contributed by atoms with van der Waals surface area (Å²) in [6.45, 7) is 1.60. The van der Waals surface area contributed by atoms with Crippen LogP contribution in [0.4, 0.5) is 11.6 Å². The first-order valence-corrected chi connectivity index (χ1v) is 6.29. The van der Waals surface area contributed by atoms with Crippen molar-refractivity contribution in [1.29, 1.82) is 0 Å². The topological polar surface area (TPSA) is 81.0 Å². The molecule has 7 heteroatoms. The van der Waals surface area contributed by atoms with Gasteiger partial charge in [0, 0.05) is 17.1 Å². The summed E-state index contributed by atoms with van der Waals surface area (Å²) in [6, 6.07) is 7.22. The maximum atomic E-state index is 11.2. The number of anilines is 1. The van der Waals surface area contributed by atoms with Gasteiger partial charge in [-0.15, -0.1) is 0 Å². The second-order valence-corrected chi connectivity index (χ2v) is 4.76. The van der Waals surface area contributed by atoms with Crippen LogP contribution in [0.5, 0.6) is 0 Å². The first kappa shape index (κ1) is 13.4. The fourth-order valence-electron chi connectivity index (χ4n) is 1.73. The lowest BCUT2D eigenvalue weighted by Gasteiger charge is -2.07. The number of nitro groups is 1. The molecule has 0 unspecified atom stereocenters. The zero-order valence-electron chi connectivity index (χ0n) is 10.3. The first-order chi connectivity index (χ1) is 9.02. The summed E-state index contributed by atoms with van der Waals surface area (Å²) in [4.78, 5) is 19.0. The predicted octanol–water partition coefficient (Wildman–Crippen LogP) is 3.16. The molecular formula is C12H11BrN4O2. The Kier molecular flexibility index (Phi) is 3.75. The molecule has 2 rings (SSSR count). The van der Waals surface area contributed by atoms with E-state index in [9.17, 15) is 10.1 Å². The van der Waals surface area contributed by atoms with Gasteiger partial charge in [-0.05, 0) is 19.1 Å². The fraction of sp³-hybridized carbons (Fsp3) is 0.167. The molecule has 98 valence electrons.